The number of para-hydroxylation sites is 1. The molecule has 1 aliphatic heterocycles. The summed E-state index contributed by atoms with van der Waals surface area (Å²) >= 11 is 5.79. The van der Waals surface area contributed by atoms with Crippen LogP contribution in [0.2, 0.25) is 5.02 Å². The van der Waals surface area contributed by atoms with E-state index in [1.54, 1.807) is 12.1 Å². The maximum Gasteiger partial charge on any atom is 0.339 e. The number of nitrogens with zero attached hydrogens (tertiary/aromatic N) is 3. The maximum atomic E-state index is 13.0. The van der Waals surface area contributed by atoms with Crippen molar-refractivity contribution in [3.63, 3.8) is 0 Å². The van der Waals surface area contributed by atoms with Crippen LogP contribution in [0.1, 0.15) is 28.5 Å². The molecular weight excluding hydrogens is 404 g/mol. The normalized spacial score (nSPS) is 13.7. The van der Waals surface area contributed by atoms with Crippen LogP contribution in [0.5, 0.6) is 0 Å². The second-order valence-corrected chi connectivity index (χ2v) is 7.47. The van der Waals surface area contributed by atoms with Crippen molar-refractivity contribution in [3.05, 3.63) is 64.4 Å². The molecule has 3 aromatic rings. The number of halogens is 1. The molecular formula is C22H21ClN4O3. The van der Waals surface area contributed by atoms with E-state index in [1.807, 2.05) is 24.3 Å². The average molecular weight is 425 g/mol. The van der Waals surface area contributed by atoms with E-state index >= 15 is 0 Å². The van der Waals surface area contributed by atoms with Crippen LogP contribution in [0.15, 0.2) is 42.6 Å². The van der Waals surface area contributed by atoms with Crippen molar-refractivity contribution in [2.75, 3.05) is 25.0 Å². The van der Waals surface area contributed by atoms with Gasteiger partial charge in [0, 0.05) is 42.4 Å². The van der Waals surface area contributed by atoms with Gasteiger partial charge in [0.2, 0.25) is 0 Å². The number of aromatic nitrogens is 2. The van der Waals surface area contributed by atoms with Gasteiger partial charge in [-0.05, 0) is 24.7 Å². The predicted molar refractivity (Wildman–Crippen MR) is 115 cm³/mol. The highest BCUT2D eigenvalue weighted by Crippen LogP contribution is 2.28. The number of amides is 1. The predicted octanol–water partition coefficient (Wildman–Crippen LogP) is 3.46. The first kappa shape index (κ1) is 20.3. The Kier molecular flexibility index (Phi) is 5.92. The number of anilines is 1. The van der Waals surface area contributed by atoms with E-state index in [9.17, 15) is 9.59 Å². The first-order chi connectivity index (χ1) is 14.5. The number of hydrogen-bond donors (Lipinski definition) is 1. The summed E-state index contributed by atoms with van der Waals surface area (Å²) in [6, 6.07) is 10.7. The molecule has 1 N–H and O–H groups in total. The van der Waals surface area contributed by atoms with Gasteiger partial charge in [-0.3, -0.25) is 14.7 Å². The number of benzene rings is 1. The highest BCUT2D eigenvalue weighted by molar-refractivity contribution is 6.30. The smallest absolute Gasteiger partial charge is 0.339 e. The molecule has 7 nitrogen and oxygen atoms in total. The lowest BCUT2D eigenvalue weighted by Crippen LogP contribution is -2.32. The molecule has 0 saturated heterocycles. The molecule has 0 spiro atoms. The van der Waals surface area contributed by atoms with Gasteiger partial charge in [0.15, 0.2) is 6.61 Å². The third-order valence-corrected chi connectivity index (χ3v) is 5.33. The van der Waals surface area contributed by atoms with Gasteiger partial charge in [-0.1, -0.05) is 36.7 Å². The maximum absolute atomic E-state index is 13.0. The van der Waals surface area contributed by atoms with Gasteiger partial charge in [-0.25, -0.2) is 9.78 Å². The summed E-state index contributed by atoms with van der Waals surface area (Å²) in [4.78, 5) is 36.3. The lowest BCUT2D eigenvalue weighted by atomic mass is 9.96. The molecule has 2 aromatic heterocycles. The summed E-state index contributed by atoms with van der Waals surface area (Å²) in [5.74, 6) is -0.659. The Morgan fingerprint density at radius 3 is 2.83 bits per heavy atom. The number of ether oxygens (including phenoxy) is 1. The fraction of sp³-hybridized carbons (Fsp3) is 0.273. The number of carbonyl (C=O) groups excluding carboxylic acids is 2. The van der Waals surface area contributed by atoms with Crippen molar-refractivity contribution < 1.29 is 14.3 Å². The minimum atomic E-state index is -0.526. The standard InChI is InChI=1S/C22H21ClN4O3/c1-2-27-10-9-18-16(12-27)21(15-5-3-4-6-17(15)25-18)22(29)30-13-20(28)26-19-8-7-14(23)11-24-19/h3-8,11H,2,9-10,12-13H2,1H3,(H,24,26,28). The summed E-state index contributed by atoms with van der Waals surface area (Å²) in [7, 11) is 0. The largest absolute Gasteiger partial charge is 0.452 e. The Labute approximate surface area is 179 Å². The molecule has 0 fully saturated rings. The van der Waals surface area contributed by atoms with Gasteiger partial charge in [-0.2, -0.15) is 0 Å². The zero-order valence-corrected chi connectivity index (χ0v) is 17.3. The van der Waals surface area contributed by atoms with E-state index in [2.05, 4.69) is 22.1 Å². The SMILES string of the molecule is CCN1CCc2nc3ccccc3c(C(=O)OCC(=O)Nc3ccc(Cl)cn3)c2C1. The van der Waals surface area contributed by atoms with Crippen LogP contribution in [-0.4, -0.2) is 46.4 Å². The van der Waals surface area contributed by atoms with Crippen molar-refractivity contribution in [2.24, 2.45) is 0 Å². The topological polar surface area (TPSA) is 84.4 Å². The zero-order chi connectivity index (χ0) is 21.1. The third-order valence-electron chi connectivity index (χ3n) is 5.11. The van der Waals surface area contributed by atoms with Gasteiger partial charge >= 0.3 is 5.97 Å². The van der Waals surface area contributed by atoms with Gasteiger partial charge < -0.3 is 10.1 Å². The fourth-order valence-electron chi connectivity index (χ4n) is 3.58. The average Bonchev–Trinajstić information content (AvgIpc) is 2.77. The summed E-state index contributed by atoms with van der Waals surface area (Å²) in [5, 5.41) is 3.79. The van der Waals surface area contributed by atoms with Crippen LogP contribution >= 0.6 is 11.6 Å². The minimum absolute atomic E-state index is 0.339. The Balaban J connectivity index is 1.56. The summed E-state index contributed by atoms with van der Waals surface area (Å²) in [5.41, 5.74) is 3.04. The van der Waals surface area contributed by atoms with Gasteiger partial charge in [0.05, 0.1) is 16.1 Å². The number of hydrogen-bond acceptors (Lipinski definition) is 6. The molecule has 8 heteroatoms. The molecule has 1 aromatic carbocycles. The molecule has 154 valence electrons. The lowest BCUT2D eigenvalue weighted by molar-refractivity contribution is -0.119. The summed E-state index contributed by atoms with van der Waals surface area (Å²) in [6.07, 6.45) is 2.20. The van der Waals surface area contributed by atoms with Crippen LogP contribution in [0, 0.1) is 0 Å². The molecule has 30 heavy (non-hydrogen) atoms. The van der Waals surface area contributed by atoms with Crippen LogP contribution < -0.4 is 5.32 Å². The molecule has 0 radical (unpaired) electrons. The summed E-state index contributed by atoms with van der Waals surface area (Å²) < 4.78 is 5.38. The molecule has 0 aliphatic carbocycles. The van der Waals surface area contributed by atoms with Crippen molar-refractivity contribution in [1.29, 1.82) is 0 Å². The number of rotatable bonds is 5. The van der Waals surface area contributed by atoms with Crippen molar-refractivity contribution in [3.8, 4) is 0 Å². The third kappa shape index (κ3) is 4.27. The highest BCUT2D eigenvalue weighted by atomic mass is 35.5. The van der Waals surface area contributed by atoms with Crippen LogP contribution in [0.3, 0.4) is 0 Å². The lowest BCUT2D eigenvalue weighted by Gasteiger charge is -2.28. The fourth-order valence-corrected chi connectivity index (χ4v) is 3.69. The van der Waals surface area contributed by atoms with E-state index in [-0.39, 0.29) is 0 Å². The Bertz CT molecular complexity index is 1100. The second-order valence-electron chi connectivity index (χ2n) is 7.03. The van der Waals surface area contributed by atoms with Gasteiger partial charge in [0.25, 0.3) is 5.91 Å². The molecule has 0 bridgehead atoms. The number of pyridine rings is 2. The van der Waals surface area contributed by atoms with Gasteiger partial charge in [0.1, 0.15) is 5.82 Å². The van der Waals surface area contributed by atoms with E-state index in [0.717, 1.165) is 41.7 Å². The number of carbonyl (C=O) groups is 2. The van der Waals surface area contributed by atoms with Crippen LogP contribution in [-0.2, 0) is 22.5 Å². The quantitative estimate of drug-likeness (QED) is 0.631. The zero-order valence-electron chi connectivity index (χ0n) is 16.5. The molecule has 0 saturated carbocycles. The Morgan fingerprint density at radius 1 is 1.23 bits per heavy atom. The first-order valence-corrected chi connectivity index (χ1v) is 10.1. The van der Waals surface area contributed by atoms with E-state index in [1.165, 1.54) is 6.20 Å². The molecule has 1 aliphatic rings. The molecule has 4 rings (SSSR count). The minimum Gasteiger partial charge on any atom is -0.452 e. The van der Waals surface area contributed by atoms with Crippen molar-refractivity contribution in [2.45, 2.75) is 19.9 Å². The Hall–Kier alpha value is -3.03. The Morgan fingerprint density at radius 2 is 2.07 bits per heavy atom. The molecule has 3 heterocycles. The van der Waals surface area contributed by atoms with E-state index in [4.69, 9.17) is 21.3 Å². The molecule has 1 amide bonds. The number of likely N-dealkylation sites (N-methyl/N-ethyl adjacent to an activating group) is 1. The monoisotopic (exact) mass is 424 g/mol. The van der Waals surface area contributed by atoms with Crippen LogP contribution in [0.4, 0.5) is 5.82 Å². The number of nitrogens with one attached hydrogen (secondary N) is 1. The van der Waals surface area contributed by atoms with E-state index in [0.29, 0.717) is 22.9 Å². The van der Waals surface area contributed by atoms with Crippen molar-refractivity contribution in [1.82, 2.24) is 14.9 Å². The van der Waals surface area contributed by atoms with Gasteiger partial charge in [-0.15, -0.1) is 0 Å². The summed E-state index contributed by atoms with van der Waals surface area (Å²) in [6.45, 7) is 4.10. The highest BCUT2D eigenvalue weighted by Gasteiger charge is 2.26. The first-order valence-electron chi connectivity index (χ1n) is 9.76. The van der Waals surface area contributed by atoms with Crippen LogP contribution in [0.25, 0.3) is 10.9 Å². The molecule has 0 atom stereocenters. The molecule has 0 unspecified atom stereocenters. The van der Waals surface area contributed by atoms with E-state index < -0.39 is 18.5 Å². The number of fused-ring (bicyclic) bond motifs is 2. The second kappa shape index (κ2) is 8.77. The van der Waals surface area contributed by atoms with Crippen molar-refractivity contribution >= 4 is 40.2 Å². The number of esters is 1.